The van der Waals surface area contributed by atoms with E-state index in [1.807, 2.05) is 12.1 Å². The van der Waals surface area contributed by atoms with Crippen molar-refractivity contribution in [2.45, 2.75) is 44.2 Å². The third kappa shape index (κ3) is 3.13. The van der Waals surface area contributed by atoms with Crippen LogP contribution < -0.4 is 9.64 Å². The van der Waals surface area contributed by atoms with Crippen LogP contribution in [0.15, 0.2) is 30.6 Å². The Morgan fingerprint density at radius 1 is 1.14 bits per heavy atom. The number of rotatable bonds is 4. The van der Waals surface area contributed by atoms with E-state index >= 15 is 0 Å². The largest absolute Gasteiger partial charge is 0.488 e. The molecule has 6 rings (SSSR count). The van der Waals surface area contributed by atoms with Crippen LogP contribution in [0.1, 0.15) is 32.6 Å². The van der Waals surface area contributed by atoms with Crippen LogP contribution in [-0.2, 0) is 0 Å². The molecule has 3 aliphatic rings. The van der Waals surface area contributed by atoms with E-state index < -0.39 is 0 Å². The summed E-state index contributed by atoms with van der Waals surface area (Å²) in [5, 5.41) is 8.73. The number of ether oxygens (including phenoxy) is 1. The Morgan fingerprint density at radius 3 is 2.97 bits per heavy atom. The number of hydrogen-bond acceptors (Lipinski definition) is 6. The summed E-state index contributed by atoms with van der Waals surface area (Å²) >= 11 is 0. The van der Waals surface area contributed by atoms with Crippen molar-refractivity contribution in [3.63, 3.8) is 0 Å². The third-order valence-corrected chi connectivity index (χ3v) is 6.66. The van der Waals surface area contributed by atoms with Crippen molar-refractivity contribution in [1.82, 2.24) is 25.1 Å². The van der Waals surface area contributed by atoms with E-state index in [0.29, 0.717) is 6.04 Å². The second kappa shape index (κ2) is 6.42. The molecule has 29 heavy (non-hydrogen) atoms. The standard InChI is InChI=1S/C22H26N6O/c1-22(6-7-22)29-16-4-5-18-17(11-16)21(26-25-18)19-12-20(24-14-23-19)28-10-9-27-8-2-3-15(27)13-28/h4-5,11-12,14-15H,2-3,6-10,13H2,1H3,(H,25,26). The molecule has 2 aromatic heterocycles. The van der Waals surface area contributed by atoms with Gasteiger partial charge in [-0.2, -0.15) is 5.10 Å². The molecule has 0 radical (unpaired) electrons. The highest BCUT2D eigenvalue weighted by Crippen LogP contribution is 2.40. The molecule has 2 saturated heterocycles. The van der Waals surface area contributed by atoms with Gasteiger partial charge in [-0.25, -0.2) is 9.97 Å². The number of nitrogens with zero attached hydrogens (tertiary/aromatic N) is 5. The van der Waals surface area contributed by atoms with Crippen molar-refractivity contribution in [1.29, 1.82) is 0 Å². The van der Waals surface area contributed by atoms with Gasteiger partial charge < -0.3 is 9.64 Å². The quantitative estimate of drug-likeness (QED) is 0.738. The van der Waals surface area contributed by atoms with Crippen LogP contribution in [-0.4, -0.2) is 62.9 Å². The molecule has 1 N–H and O–H groups in total. The van der Waals surface area contributed by atoms with Gasteiger partial charge in [0.1, 0.15) is 29.2 Å². The Kier molecular flexibility index (Phi) is 3.81. The molecule has 1 aliphatic carbocycles. The Labute approximate surface area is 170 Å². The zero-order chi connectivity index (χ0) is 19.4. The predicted molar refractivity (Wildman–Crippen MR) is 112 cm³/mol. The minimum atomic E-state index is 0.00203. The molecule has 1 aromatic carbocycles. The van der Waals surface area contributed by atoms with E-state index in [2.05, 4.69) is 49.0 Å². The molecule has 0 amide bonds. The van der Waals surface area contributed by atoms with Gasteiger partial charge in [-0.3, -0.25) is 10.00 Å². The number of aromatic amines is 1. The van der Waals surface area contributed by atoms with Crippen molar-refractivity contribution in [3.8, 4) is 17.1 Å². The lowest BCUT2D eigenvalue weighted by atomic mass is 10.1. The van der Waals surface area contributed by atoms with Gasteiger partial charge in [0.05, 0.1) is 11.2 Å². The number of piperazine rings is 1. The zero-order valence-corrected chi connectivity index (χ0v) is 16.8. The van der Waals surface area contributed by atoms with Crippen molar-refractivity contribution in [2.24, 2.45) is 0 Å². The molecule has 7 nitrogen and oxygen atoms in total. The highest BCUT2D eigenvalue weighted by Gasteiger charge is 2.40. The molecular weight excluding hydrogens is 364 g/mol. The van der Waals surface area contributed by atoms with E-state index in [4.69, 9.17) is 4.74 Å². The lowest BCUT2D eigenvalue weighted by molar-refractivity contribution is 0.200. The van der Waals surface area contributed by atoms with Gasteiger partial charge in [0.25, 0.3) is 0 Å². The van der Waals surface area contributed by atoms with Crippen LogP contribution in [0.2, 0.25) is 0 Å². The monoisotopic (exact) mass is 390 g/mol. The first kappa shape index (κ1) is 17.2. The number of nitrogens with one attached hydrogen (secondary N) is 1. The van der Waals surface area contributed by atoms with Crippen molar-refractivity contribution in [3.05, 3.63) is 30.6 Å². The summed E-state index contributed by atoms with van der Waals surface area (Å²) in [5.74, 6) is 1.89. The van der Waals surface area contributed by atoms with Crippen LogP contribution in [0.3, 0.4) is 0 Å². The Bertz CT molecular complexity index is 1060. The van der Waals surface area contributed by atoms with Crippen LogP contribution in [0.5, 0.6) is 5.75 Å². The second-order valence-electron chi connectivity index (χ2n) is 8.87. The molecule has 0 bridgehead atoms. The minimum Gasteiger partial charge on any atom is -0.488 e. The summed E-state index contributed by atoms with van der Waals surface area (Å²) < 4.78 is 6.15. The fraction of sp³-hybridized carbons (Fsp3) is 0.500. The average Bonchev–Trinajstić information content (AvgIpc) is 3.15. The second-order valence-corrected chi connectivity index (χ2v) is 8.87. The van der Waals surface area contributed by atoms with Crippen molar-refractivity contribution < 1.29 is 4.74 Å². The molecule has 3 fully saturated rings. The summed E-state index contributed by atoms with van der Waals surface area (Å²) in [6.07, 6.45) is 6.51. The van der Waals surface area contributed by atoms with E-state index in [-0.39, 0.29) is 5.60 Å². The minimum absolute atomic E-state index is 0.00203. The number of anilines is 1. The van der Waals surface area contributed by atoms with Gasteiger partial charge in [-0.15, -0.1) is 0 Å². The lowest BCUT2D eigenvalue weighted by Crippen LogP contribution is -2.50. The van der Waals surface area contributed by atoms with Gasteiger partial charge in [0.2, 0.25) is 0 Å². The van der Waals surface area contributed by atoms with Gasteiger partial charge in [-0.05, 0) is 57.4 Å². The molecule has 2 aliphatic heterocycles. The normalized spacial score (nSPS) is 23.3. The molecule has 1 saturated carbocycles. The smallest absolute Gasteiger partial charge is 0.132 e. The summed E-state index contributed by atoms with van der Waals surface area (Å²) in [6.45, 7) is 6.60. The summed E-state index contributed by atoms with van der Waals surface area (Å²) in [5.41, 5.74) is 2.70. The maximum Gasteiger partial charge on any atom is 0.132 e. The molecular formula is C22H26N6O. The van der Waals surface area contributed by atoms with Crippen molar-refractivity contribution in [2.75, 3.05) is 31.1 Å². The van der Waals surface area contributed by atoms with Crippen LogP contribution in [0, 0.1) is 0 Å². The summed E-state index contributed by atoms with van der Waals surface area (Å²) in [6, 6.07) is 8.87. The molecule has 1 unspecified atom stereocenters. The highest BCUT2D eigenvalue weighted by atomic mass is 16.5. The SMILES string of the molecule is CC1(Oc2ccc3[nH]nc(-c4cc(N5CCN6CCCC6C5)ncn4)c3c2)CC1. The Balaban J connectivity index is 1.31. The maximum atomic E-state index is 6.15. The lowest BCUT2D eigenvalue weighted by Gasteiger charge is -2.38. The fourth-order valence-corrected chi connectivity index (χ4v) is 4.66. The van der Waals surface area contributed by atoms with Gasteiger partial charge in [0, 0.05) is 37.1 Å². The first-order valence-corrected chi connectivity index (χ1v) is 10.7. The van der Waals surface area contributed by atoms with Crippen LogP contribution in [0.25, 0.3) is 22.3 Å². The van der Waals surface area contributed by atoms with Gasteiger partial charge in [0.15, 0.2) is 0 Å². The maximum absolute atomic E-state index is 6.15. The molecule has 7 heteroatoms. The van der Waals surface area contributed by atoms with E-state index in [9.17, 15) is 0 Å². The van der Waals surface area contributed by atoms with Gasteiger partial charge in [-0.1, -0.05) is 0 Å². The van der Waals surface area contributed by atoms with E-state index in [0.717, 1.165) is 66.3 Å². The van der Waals surface area contributed by atoms with E-state index in [1.54, 1.807) is 6.33 Å². The number of fused-ring (bicyclic) bond motifs is 2. The zero-order valence-electron chi connectivity index (χ0n) is 16.8. The first-order valence-electron chi connectivity index (χ1n) is 10.7. The molecule has 3 aromatic rings. The van der Waals surface area contributed by atoms with Crippen LogP contribution in [0.4, 0.5) is 5.82 Å². The van der Waals surface area contributed by atoms with Gasteiger partial charge >= 0.3 is 0 Å². The van der Waals surface area contributed by atoms with Crippen molar-refractivity contribution >= 4 is 16.7 Å². The first-order chi connectivity index (χ1) is 14.2. The number of aromatic nitrogens is 4. The molecule has 0 spiro atoms. The van der Waals surface area contributed by atoms with Crippen LogP contribution >= 0.6 is 0 Å². The topological polar surface area (TPSA) is 70.2 Å². The number of H-pyrrole nitrogens is 1. The summed E-state index contributed by atoms with van der Waals surface area (Å²) in [4.78, 5) is 14.1. The third-order valence-electron chi connectivity index (χ3n) is 6.66. The number of benzene rings is 1. The Morgan fingerprint density at radius 2 is 2.07 bits per heavy atom. The Hall–Kier alpha value is -2.67. The fourth-order valence-electron chi connectivity index (χ4n) is 4.66. The molecule has 1 atom stereocenters. The highest BCUT2D eigenvalue weighted by molar-refractivity contribution is 5.93. The molecule has 150 valence electrons. The summed E-state index contributed by atoms with van der Waals surface area (Å²) in [7, 11) is 0. The average molecular weight is 390 g/mol. The molecule has 4 heterocycles. The van der Waals surface area contributed by atoms with E-state index in [1.165, 1.54) is 19.4 Å². The number of hydrogen-bond donors (Lipinski definition) is 1. The predicted octanol–water partition coefficient (Wildman–Crippen LogP) is 3.24.